The average Bonchev–Trinajstić information content (AvgIpc) is 2.85. The predicted octanol–water partition coefficient (Wildman–Crippen LogP) is 3.47. The number of benzene rings is 1. The van der Waals surface area contributed by atoms with E-state index < -0.39 is 12.0 Å². The van der Waals surface area contributed by atoms with Crippen LogP contribution in [0.2, 0.25) is 0 Å². The Balaban J connectivity index is 2.08. The summed E-state index contributed by atoms with van der Waals surface area (Å²) in [5.74, 6) is 0.910. The molecule has 19 heavy (non-hydrogen) atoms. The third-order valence-corrected chi connectivity index (χ3v) is 4.06. The van der Waals surface area contributed by atoms with Gasteiger partial charge in [0.2, 0.25) is 6.79 Å². The minimum atomic E-state index is -2.55. The summed E-state index contributed by atoms with van der Waals surface area (Å²) < 4.78 is 37.0. The Labute approximate surface area is 110 Å². The van der Waals surface area contributed by atoms with Gasteiger partial charge < -0.3 is 15.2 Å². The lowest BCUT2D eigenvalue weighted by molar-refractivity contribution is 0.145. The number of hydrogen-bond acceptors (Lipinski definition) is 3. The van der Waals surface area contributed by atoms with E-state index in [2.05, 4.69) is 0 Å². The molecule has 3 rings (SSSR count). The molecule has 1 saturated carbocycles. The van der Waals surface area contributed by atoms with E-state index in [1.807, 2.05) is 0 Å². The lowest BCUT2D eigenvalue weighted by Gasteiger charge is -2.35. The first-order chi connectivity index (χ1) is 9.10. The van der Waals surface area contributed by atoms with E-state index in [-0.39, 0.29) is 12.4 Å². The molecule has 0 radical (unpaired) electrons. The van der Waals surface area contributed by atoms with Crippen LogP contribution in [0.15, 0.2) is 12.1 Å². The molecule has 0 atom stereocenters. The van der Waals surface area contributed by atoms with Crippen LogP contribution in [0.5, 0.6) is 11.5 Å². The van der Waals surface area contributed by atoms with Crippen LogP contribution in [0.3, 0.4) is 0 Å². The van der Waals surface area contributed by atoms with Crippen LogP contribution in [0.25, 0.3) is 0 Å². The molecule has 1 heterocycles. The Morgan fingerprint density at radius 3 is 2.32 bits per heavy atom. The van der Waals surface area contributed by atoms with Gasteiger partial charge in [-0.25, -0.2) is 8.78 Å². The minimum absolute atomic E-state index is 0.0198. The van der Waals surface area contributed by atoms with Crippen LogP contribution in [0.1, 0.15) is 49.7 Å². The van der Waals surface area contributed by atoms with Crippen molar-refractivity contribution in [2.45, 2.75) is 44.1 Å². The first kappa shape index (κ1) is 12.7. The van der Waals surface area contributed by atoms with Crippen molar-refractivity contribution in [1.29, 1.82) is 0 Å². The fourth-order valence-corrected chi connectivity index (χ4v) is 3.02. The Bertz CT molecular complexity index is 485. The van der Waals surface area contributed by atoms with E-state index in [9.17, 15) is 8.78 Å². The summed E-state index contributed by atoms with van der Waals surface area (Å²) in [6.07, 6.45) is 2.01. The van der Waals surface area contributed by atoms with Gasteiger partial charge in [0.1, 0.15) is 0 Å². The van der Waals surface area contributed by atoms with Gasteiger partial charge in [-0.05, 0) is 30.5 Å². The number of rotatable bonds is 2. The molecule has 104 valence electrons. The van der Waals surface area contributed by atoms with Crippen molar-refractivity contribution >= 4 is 0 Å². The zero-order valence-corrected chi connectivity index (χ0v) is 10.6. The molecule has 1 aromatic carbocycles. The van der Waals surface area contributed by atoms with Gasteiger partial charge in [-0.1, -0.05) is 19.3 Å². The Kier molecular flexibility index (Phi) is 3.09. The van der Waals surface area contributed by atoms with Gasteiger partial charge in [0.25, 0.3) is 6.43 Å². The SMILES string of the molecule is NC1(c2cc3c(cc2C(F)F)OCO3)CCCCC1. The van der Waals surface area contributed by atoms with Crippen LogP contribution < -0.4 is 15.2 Å². The van der Waals surface area contributed by atoms with Crippen LogP contribution in [0, 0.1) is 0 Å². The van der Waals surface area contributed by atoms with Gasteiger partial charge >= 0.3 is 0 Å². The minimum Gasteiger partial charge on any atom is -0.454 e. The summed E-state index contributed by atoms with van der Waals surface area (Å²) in [5, 5.41) is 0. The first-order valence-electron chi connectivity index (χ1n) is 6.61. The molecule has 1 aliphatic carbocycles. The predicted molar refractivity (Wildman–Crippen MR) is 66.5 cm³/mol. The maximum atomic E-state index is 13.3. The third kappa shape index (κ3) is 2.16. The zero-order valence-electron chi connectivity index (χ0n) is 10.6. The normalized spacial score (nSPS) is 20.8. The molecule has 0 aromatic heterocycles. The Hall–Kier alpha value is -1.36. The molecule has 0 amide bonds. The topological polar surface area (TPSA) is 44.5 Å². The summed E-state index contributed by atoms with van der Waals surface area (Å²) >= 11 is 0. The molecule has 2 N–H and O–H groups in total. The molecule has 0 unspecified atom stereocenters. The number of fused-ring (bicyclic) bond motifs is 1. The van der Waals surface area contributed by atoms with Crippen molar-refractivity contribution in [3.05, 3.63) is 23.3 Å². The quantitative estimate of drug-likeness (QED) is 0.894. The molecular formula is C14H17F2NO2. The lowest BCUT2D eigenvalue weighted by atomic mass is 9.75. The highest BCUT2D eigenvalue weighted by atomic mass is 19.3. The molecule has 1 aromatic rings. The largest absolute Gasteiger partial charge is 0.454 e. The highest BCUT2D eigenvalue weighted by Gasteiger charge is 2.35. The second-order valence-corrected chi connectivity index (χ2v) is 5.31. The monoisotopic (exact) mass is 269 g/mol. The van der Waals surface area contributed by atoms with E-state index in [0.29, 0.717) is 17.1 Å². The van der Waals surface area contributed by atoms with Crippen LogP contribution in [-0.2, 0) is 5.54 Å². The molecule has 1 fully saturated rings. The number of nitrogens with two attached hydrogens (primary N) is 1. The second-order valence-electron chi connectivity index (χ2n) is 5.31. The van der Waals surface area contributed by atoms with Gasteiger partial charge in [0.05, 0.1) is 0 Å². The summed E-state index contributed by atoms with van der Waals surface area (Å²) in [7, 11) is 0. The molecule has 3 nitrogen and oxygen atoms in total. The van der Waals surface area contributed by atoms with Crippen LogP contribution in [-0.4, -0.2) is 6.79 Å². The van der Waals surface area contributed by atoms with Gasteiger partial charge in [-0.3, -0.25) is 0 Å². The third-order valence-electron chi connectivity index (χ3n) is 4.06. The van der Waals surface area contributed by atoms with Crippen molar-refractivity contribution in [3.8, 4) is 11.5 Å². The summed E-state index contributed by atoms with van der Waals surface area (Å²) in [5.41, 5.74) is 6.22. The maximum Gasteiger partial charge on any atom is 0.264 e. The van der Waals surface area contributed by atoms with Crippen molar-refractivity contribution < 1.29 is 18.3 Å². The van der Waals surface area contributed by atoms with Gasteiger partial charge in [0.15, 0.2) is 11.5 Å². The smallest absolute Gasteiger partial charge is 0.264 e. The zero-order chi connectivity index (χ0) is 13.5. The van der Waals surface area contributed by atoms with E-state index in [1.54, 1.807) is 6.07 Å². The Morgan fingerprint density at radius 2 is 1.68 bits per heavy atom. The van der Waals surface area contributed by atoms with Crippen LogP contribution in [0.4, 0.5) is 8.78 Å². The van der Waals surface area contributed by atoms with E-state index in [0.717, 1.165) is 32.1 Å². The maximum absolute atomic E-state index is 13.3. The standard InChI is InChI=1S/C14H17F2NO2/c15-13(16)9-6-11-12(19-8-18-11)7-10(9)14(17)4-2-1-3-5-14/h6-7,13H,1-5,8,17H2. The van der Waals surface area contributed by atoms with E-state index in [1.165, 1.54) is 6.07 Å². The molecule has 5 heteroatoms. The summed E-state index contributed by atoms with van der Waals surface area (Å²) in [4.78, 5) is 0. The second kappa shape index (κ2) is 4.63. The van der Waals surface area contributed by atoms with Crippen molar-refractivity contribution in [3.63, 3.8) is 0 Å². The van der Waals surface area contributed by atoms with Crippen molar-refractivity contribution in [1.82, 2.24) is 0 Å². The van der Waals surface area contributed by atoms with Crippen LogP contribution >= 0.6 is 0 Å². The molecule has 1 aliphatic heterocycles. The molecule has 2 aliphatic rings. The van der Waals surface area contributed by atoms with E-state index in [4.69, 9.17) is 15.2 Å². The Morgan fingerprint density at radius 1 is 1.05 bits per heavy atom. The average molecular weight is 269 g/mol. The number of hydrogen-bond donors (Lipinski definition) is 1. The first-order valence-corrected chi connectivity index (χ1v) is 6.61. The molecule has 0 spiro atoms. The summed E-state index contributed by atoms with van der Waals surface area (Å²) in [6.45, 7) is 0.0824. The van der Waals surface area contributed by atoms with Crippen molar-refractivity contribution in [2.75, 3.05) is 6.79 Å². The van der Waals surface area contributed by atoms with Gasteiger partial charge in [-0.15, -0.1) is 0 Å². The number of ether oxygens (including phenoxy) is 2. The van der Waals surface area contributed by atoms with Gasteiger partial charge in [-0.2, -0.15) is 0 Å². The lowest BCUT2D eigenvalue weighted by Crippen LogP contribution is -2.39. The number of halogens is 2. The summed E-state index contributed by atoms with van der Waals surface area (Å²) in [6, 6.07) is 3.03. The van der Waals surface area contributed by atoms with Crippen molar-refractivity contribution in [2.24, 2.45) is 5.73 Å². The molecule has 0 bridgehead atoms. The highest BCUT2D eigenvalue weighted by molar-refractivity contribution is 5.51. The fraction of sp³-hybridized carbons (Fsp3) is 0.571. The highest BCUT2D eigenvalue weighted by Crippen LogP contribution is 2.45. The van der Waals surface area contributed by atoms with Gasteiger partial charge in [0, 0.05) is 11.1 Å². The van der Waals surface area contributed by atoms with E-state index >= 15 is 0 Å². The molecular weight excluding hydrogens is 252 g/mol. The fourth-order valence-electron chi connectivity index (χ4n) is 3.02. The molecule has 0 saturated heterocycles. The number of alkyl halides is 2.